The summed E-state index contributed by atoms with van der Waals surface area (Å²) in [4.78, 5) is 2.42. The van der Waals surface area contributed by atoms with Gasteiger partial charge in [0.15, 0.2) is 0 Å². The standard InChI is InChI=1S/C66H45N3/c1-3-19-47(20-4-1)53-23-7-8-24-54(53)55-25-9-10-26-56(55)57-27-11-15-31-62(57)67(51-40-42-52(43-41-51)68-63-32-16-12-28-58(63)59-29-13-17-33-64(59)68)50-38-35-46(36-39-50)48-37-44-61-60-30-14-18-34-65(60)69(66(61)45-48)49-21-5-2-6-22-49/h1-45H. The Kier molecular flexibility index (Phi) is 9.84. The Bertz CT molecular complexity index is 3940. The maximum absolute atomic E-state index is 2.42. The number of nitrogens with zero attached hydrogens (tertiary/aromatic N) is 3. The van der Waals surface area contributed by atoms with Crippen molar-refractivity contribution in [2.45, 2.75) is 0 Å². The first-order valence-corrected chi connectivity index (χ1v) is 23.7. The fraction of sp³-hybridized carbons (Fsp3) is 0. The number of hydrogen-bond acceptors (Lipinski definition) is 1. The zero-order valence-corrected chi connectivity index (χ0v) is 37.8. The first-order chi connectivity index (χ1) is 34.3. The molecule has 2 aromatic heterocycles. The number of benzene rings is 11. The number of aromatic nitrogens is 2. The third-order valence-corrected chi connectivity index (χ3v) is 13.8. The summed E-state index contributed by atoms with van der Waals surface area (Å²) < 4.78 is 4.77. The number of anilines is 3. The number of para-hydroxylation sites is 5. The van der Waals surface area contributed by atoms with E-state index in [9.17, 15) is 0 Å². The van der Waals surface area contributed by atoms with Crippen molar-refractivity contribution in [2.24, 2.45) is 0 Å². The van der Waals surface area contributed by atoms with Crippen molar-refractivity contribution < 1.29 is 0 Å². The normalized spacial score (nSPS) is 11.5. The Balaban J connectivity index is 0.965. The minimum atomic E-state index is 1.07. The second kappa shape index (κ2) is 16.9. The lowest BCUT2D eigenvalue weighted by atomic mass is 9.88. The highest BCUT2D eigenvalue weighted by Crippen LogP contribution is 2.46. The van der Waals surface area contributed by atoms with Gasteiger partial charge in [-0.1, -0.05) is 194 Å². The molecule has 0 bridgehead atoms. The molecule has 0 amide bonds. The molecule has 0 saturated heterocycles. The van der Waals surface area contributed by atoms with Crippen molar-refractivity contribution in [3.05, 3.63) is 273 Å². The van der Waals surface area contributed by atoms with Crippen molar-refractivity contribution in [3.63, 3.8) is 0 Å². The Morgan fingerprint density at radius 3 is 1.22 bits per heavy atom. The van der Waals surface area contributed by atoms with E-state index in [1.165, 1.54) is 77.0 Å². The van der Waals surface area contributed by atoms with E-state index >= 15 is 0 Å². The second-order valence-electron chi connectivity index (χ2n) is 17.7. The molecule has 0 N–H and O–H groups in total. The highest BCUT2D eigenvalue weighted by molar-refractivity contribution is 6.11. The quantitative estimate of drug-likeness (QED) is 0.141. The molecule has 0 atom stereocenters. The van der Waals surface area contributed by atoms with Gasteiger partial charge >= 0.3 is 0 Å². The van der Waals surface area contributed by atoms with E-state index in [2.05, 4.69) is 287 Å². The van der Waals surface area contributed by atoms with E-state index in [4.69, 9.17) is 0 Å². The highest BCUT2D eigenvalue weighted by atomic mass is 15.1. The van der Waals surface area contributed by atoms with E-state index in [-0.39, 0.29) is 0 Å². The molecule has 11 aromatic carbocycles. The Labute approximate surface area is 401 Å². The van der Waals surface area contributed by atoms with Gasteiger partial charge in [-0.05, 0) is 118 Å². The maximum atomic E-state index is 2.42. The molecule has 0 aliphatic heterocycles. The highest BCUT2D eigenvalue weighted by Gasteiger charge is 2.22. The molecule has 0 fully saturated rings. The molecule has 3 nitrogen and oxygen atoms in total. The summed E-state index contributed by atoms with van der Waals surface area (Å²) in [5, 5.41) is 5.00. The zero-order chi connectivity index (χ0) is 45.7. The molecule has 0 spiro atoms. The molecule has 2 heterocycles. The van der Waals surface area contributed by atoms with Gasteiger partial charge in [0.25, 0.3) is 0 Å². The molecule has 13 aromatic rings. The molecule has 0 saturated carbocycles. The summed E-state index contributed by atoms with van der Waals surface area (Å²) in [7, 11) is 0. The lowest BCUT2D eigenvalue weighted by molar-refractivity contribution is 1.17. The average Bonchev–Trinajstić information content (AvgIpc) is 3.95. The van der Waals surface area contributed by atoms with Crippen LogP contribution in [0.1, 0.15) is 0 Å². The van der Waals surface area contributed by atoms with Crippen molar-refractivity contribution in [1.82, 2.24) is 9.13 Å². The van der Waals surface area contributed by atoms with Gasteiger partial charge in [0.1, 0.15) is 0 Å². The van der Waals surface area contributed by atoms with Gasteiger partial charge in [-0.15, -0.1) is 0 Å². The van der Waals surface area contributed by atoms with E-state index < -0.39 is 0 Å². The van der Waals surface area contributed by atoms with Gasteiger partial charge in [0, 0.05) is 49.9 Å². The Hall–Kier alpha value is -9.18. The van der Waals surface area contributed by atoms with Crippen LogP contribution in [0.15, 0.2) is 273 Å². The molecule has 69 heavy (non-hydrogen) atoms. The lowest BCUT2D eigenvalue weighted by Crippen LogP contribution is -2.11. The minimum absolute atomic E-state index is 1.07. The summed E-state index contributed by atoms with van der Waals surface area (Å²) in [5.74, 6) is 0. The smallest absolute Gasteiger partial charge is 0.0547 e. The molecule has 0 aliphatic carbocycles. The van der Waals surface area contributed by atoms with Gasteiger partial charge in [0.2, 0.25) is 0 Å². The average molecular weight is 880 g/mol. The largest absolute Gasteiger partial charge is 0.310 e. The number of rotatable bonds is 9. The van der Waals surface area contributed by atoms with Crippen molar-refractivity contribution in [3.8, 4) is 55.9 Å². The van der Waals surface area contributed by atoms with Crippen molar-refractivity contribution in [1.29, 1.82) is 0 Å². The van der Waals surface area contributed by atoms with Gasteiger partial charge in [-0.2, -0.15) is 0 Å². The van der Waals surface area contributed by atoms with Crippen molar-refractivity contribution >= 4 is 60.7 Å². The summed E-state index contributed by atoms with van der Waals surface area (Å²) in [5.41, 5.74) is 19.7. The van der Waals surface area contributed by atoms with Crippen LogP contribution in [0.4, 0.5) is 17.1 Å². The van der Waals surface area contributed by atoms with Crippen LogP contribution >= 0.6 is 0 Å². The molecule has 3 heteroatoms. The van der Waals surface area contributed by atoms with E-state index in [0.717, 1.165) is 39.6 Å². The number of fused-ring (bicyclic) bond motifs is 6. The van der Waals surface area contributed by atoms with Crippen LogP contribution in [0.25, 0.3) is 99.5 Å². The fourth-order valence-corrected chi connectivity index (χ4v) is 10.6. The molecule has 0 unspecified atom stereocenters. The van der Waals surface area contributed by atoms with Crippen LogP contribution in [0.2, 0.25) is 0 Å². The van der Waals surface area contributed by atoms with E-state index in [0.29, 0.717) is 0 Å². The molecule has 324 valence electrons. The molecular weight excluding hydrogens is 835 g/mol. The van der Waals surface area contributed by atoms with Crippen LogP contribution in [-0.2, 0) is 0 Å². The van der Waals surface area contributed by atoms with Crippen LogP contribution < -0.4 is 4.90 Å². The van der Waals surface area contributed by atoms with Gasteiger partial charge in [0.05, 0.1) is 27.8 Å². The third kappa shape index (κ3) is 6.91. The number of hydrogen-bond donors (Lipinski definition) is 0. The van der Waals surface area contributed by atoms with E-state index in [1.54, 1.807) is 0 Å². The predicted molar refractivity (Wildman–Crippen MR) is 292 cm³/mol. The molecule has 0 radical (unpaired) electrons. The third-order valence-electron chi connectivity index (χ3n) is 13.8. The molecule has 13 rings (SSSR count). The summed E-state index contributed by atoms with van der Waals surface area (Å²) in [6, 6.07) is 99.1. The molecule has 0 aliphatic rings. The Morgan fingerprint density at radius 1 is 0.232 bits per heavy atom. The maximum Gasteiger partial charge on any atom is 0.0547 e. The SMILES string of the molecule is c1ccc(-c2ccccc2-c2ccccc2-c2ccccc2N(c2ccc(-c3ccc4c5ccccc5n(-c5ccccc5)c4c3)cc2)c2ccc(-n3c4ccccc4c4ccccc43)cc2)cc1. The monoisotopic (exact) mass is 879 g/mol. The first-order valence-electron chi connectivity index (χ1n) is 23.7. The Morgan fingerprint density at radius 2 is 0.623 bits per heavy atom. The van der Waals surface area contributed by atoms with Crippen molar-refractivity contribution in [2.75, 3.05) is 4.90 Å². The van der Waals surface area contributed by atoms with Crippen LogP contribution in [0.3, 0.4) is 0 Å². The summed E-state index contributed by atoms with van der Waals surface area (Å²) in [6.45, 7) is 0. The van der Waals surface area contributed by atoms with Gasteiger partial charge in [-0.3, -0.25) is 0 Å². The second-order valence-corrected chi connectivity index (χ2v) is 17.7. The van der Waals surface area contributed by atoms with Crippen LogP contribution in [-0.4, -0.2) is 9.13 Å². The fourth-order valence-electron chi connectivity index (χ4n) is 10.6. The summed E-state index contributed by atoms with van der Waals surface area (Å²) >= 11 is 0. The lowest BCUT2D eigenvalue weighted by Gasteiger charge is -2.29. The molecular formula is C66H45N3. The minimum Gasteiger partial charge on any atom is -0.310 e. The summed E-state index contributed by atoms with van der Waals surface area (Å²) in [6.07, 6.45) is 0. The van der Waals surface area contributed by atoms with Gasteiger partial charge < -0.3 is 14.0 Å². The topological polar surface area (TPSA) is 13.1 Å². The predicted octanol–water partition coefficient (Wildman–Crippen LogP) is 18.0. The van der Waals surface area contributed by atoms with Crippen LogP contribution in [0, 0.1) is 0 Å². The van der Waals surface area contributed by atoms with Crippen LogP contribution in [0.5, 0.6) is 0 Å². The van der Waals surface area contributed by atoms with Gasteiger partial charge in [-0.25, -0.2) is 0 Å². The first kappa shape index (κ1) is 40.1. The van der Waals surface area contributed by atoms with E-state index in [1.807, 2.05) is 0 Å². The zero-order valence-electron chi connectivity index (χ0n) is 37.8.